The molecule has 0 aliphatic heterocycles. The summed E-state index contributed by atoms with van der Waals surface area (Å²) in [6.45, 7) is 1.04. The molecule has 0 fully saturated rings. The van der Waals surface area contributed by atoms with Crippen molar-refractivity contribution in [1.82, 2.24) is 0 Å². The van der Waals surface area contributed by atoms with Crippen molar-refractivity contribution in [2.45, 2.75) is 5.92 Å². The molecule has 0 saturated carbocycles. The van der Waals surface area contributed by atoms with Crippen LogP contribution in [-0.2, 0) is 23.7 Å². The zero-order valence-corrected chi connectivity index (χ0v) is 11.8. The summed E-state index contributed by atoms with van der Waals surface area (Å²) in [7, 11) is 1.60. The van der Waals surface area contributed by atoms with Crippen molar-refractivity contribution in [2.24, 2.45) is 0 Å². The lowest BCUT2D eigenvalue weighted by Gasteiger charge is -2.13. The minimum atomic E-state index is -3.19. The van der Waals surface area contributed by atoms with Gasteiger partial charge in [0.2, 0.25) is 0 Å². The topological polar surface area (TPSA) is 66.4 Å². The van der Waals surface area contributed by atoms with Gasteiger partial charge in [-0.25, -0.2) is 8.78 Å². The molecule has 122 valence electrons. The van der Waals surface area contributed by atoms with E-state index in [2.05, 4.69) is 4.74 Å². The van der Waals surface area contributed by atoms with Gasteiger partial charge in [0, 0.05) is 7.11 Å². The molecule has 0 aromatic heterocycles. The molecule has 0 atom stereocenters. The molecule has 0 aromatic carbocycles. The van der Waals surface area contributed by atoms with Crippen LogP contribution in [0.25, 0.3) is 0 Å². The van der Waals surface area contributed by atoms with Crippen LogP contribution in [-0.4, -0.2) is 84.2 Å². The molecule has 0 aliphatic carbocycles. The van der Waals surface area contributed by atoms with Gasteiger partial charge in [0.15, 0.2) is 0 Å². The number of hydrogen-bond donors (Lipinski definition) is 1. The van der Waals surface area contributed by atoms with Gasteiger partial charge in [0.1, 0.15) is 13.2 Å². The quantitative estimate of drug-likeness (QED) is 0.440. The van der Waals surface area contributed by atoms with Crippen LogP contribution in [0.15, 0.2) is 0 Å². The molecule has 0 rings (SSSR count). The number of ether oxygens (including phenoxy) is 5. The number of hydrogen-bond acceptors (Lipinski definition) is 6. The Morgan fingerprint density at radius 2 is 1.15 bits per heavy atom. The third kappa shape index (κ3) is 14.0. The maximum absolute atomic E-state index is 12.5. The smallest absolute Gasteiger partial charge is 0.293 e. The van der Waals surface area contributed by atoms with Gasteiger partial charge in [0.05, 0.1) is 52.9 Å². The van der Waals surface area contributed by atoms with Crippen LogP contribution in [0.3, 0.4) is 0 Å². The van der Waals surface area contributed by atoms with Crippen LogP contribution >= 0.6 is 0 Å². The normalized spacial score (nSPS) is 12.0. The van der Waals surface area contributed by atoms with Gasteiger partial charge in [-0.3, -0.25) is 0 Å². The van der Waals surface area contributed by atoms with E-state index < -0.39 is 19.1 Å². The highest BCUT2D eigenvalue weighted by Gasteiger charge is 2.27. The second kappa shape index (κ2) is 13.6. The summed E-state index contributed by atoms with van der Waals surface area (Å²) >= 11 is 0. The van der Waals surface area contributed by atoms with Crippen LogP contribution in [0.2, 0.25) is 0 Å². The molecule has 0 bridgehead atoms. The first-order chi connectivity index (χ1) is 9.62. The largest absolute Gasteiger partial charge is 0.390 e. The lowest BCUT2D eigenvalue weighted by atomic mass is 10.4. The van der Waals surface area contributed by atoms with E-state index in [1.165, 1.54) is 0 Å². The van der Waals surface area contributed by atoms with Crippen molar-refractivity contribution in [3.63, 3.8) is 0 Å². The SMILES string of the molecule is COCCOCCOCCOCCOCC(F)(F)CO. The highest BCUT2D eigenvalue weighted by Crippen LogP contribution is 2.11. The van der Waals surface area contributed by atoms with Gasteiger partial charge in [-0.1, -0.05) is 0 Å². The summed E-state index contributed by atoms with van der Waals surface area (Å²) in [5.74, 6) is -3.19. The average molecular weight is 302 g/mol. The molecule has 0 amide bonds. The van der Waals surface area contributed by atoms with Gasteiger partial charge in [-0.2, -0.15) is 0 Å². The molecule has 0 unspecified atom stereocenters. The number of aliphatic hydroxyl groups is 1. The Bertz CT molecular complexity index is 206. The molecule has 0 spiro atoms. The third-order valence-corrected chi connectivity index (χ3v) is 2.09. The first-order valence-electron chi connectivity index (χ1n) is 6.41. The van der Waals surface area contributed by atoms with Crippen LogP contribution in [0.4, 0.5) is 8.78 Å². The molecule has 0 aromatic rings. The number of alkyl halides is 2. The fourth-order valence-corrected chi connectivity index (χ4v) is 1.07. The van der Waals surface area contributed by atoms with E-state index in [1.807, 2.05) is 0 Å². The Morgan fingerprint density at radius 1 is 0.750 bits per heavy atom. The van der Waals surface area contributed by atoms with Crippen LogP contribution in [0, 0.1) is 0 Å². The monoisotopic (exact) mass is 302 g/mol. The van der Waals surface area contributed by atoms with Crippen molar-refractivity contribution in [3.8, 4) is 0 Å². The van der Waals surface area contributed by atoms with Crippen molar-refractivity contribution in [2.75, 3.05) is 73.2 Å². The summed E-state index contributed by atoms with van der Waals surface area (Å²) in [5, 5.41) is 8.29. The first-order valence-corrected chi connectivity index (χ1v) is 6.41. The Balaban J connectivity index is 3.06. The maximum Gasteiger partial charge on any atom is 0.293 e. The van der Waals surface area contributed by atoms with E-state index in [-0.39, 0.29) is 13.2 Å². The second-order valence-electron chi connectivity index (χ2n) is 3.90. The molecule has 8 heteroatoms. The second-order valence-corrected chi connectivity index (χ2v) is 3.90. The van der Waals surface area contributed by atoms with Crippen molar-refractivity contribution in [1.29, 1.82) is 0 Å². The third-order valence-electron chi connectivity index (χ3n) is 2.09. The van der Waals surface area contributed by atoms with Gasteiger partial charge in [-0.05, 0) is 0 Å². The summed E-state index contributed by atoms with van der Waals surface area (Å²) in [5.41, 5.74) is 0. The number of aliphatic hydroxyl groups excluding tert-OH is 1. The first kappa shape index (κ1) is 19.6. The van der Waals surface area contributed by atoms with E-state index in [1.54, 1.807) is 7.11 Å². The predicted octanol–water partition coefficient (Wildman–Crippen LogP) is 0.327. The zero-order chi connectivity index (χ0) is 15.1. The number of methoxy groups -OCH3 is 1. The van der Waals surface area contributed by atoms with Crippen molar-refractivity contribution < 1.29 is 37.6 Å². The summed E-state index contributed by atoms with van der Waals surface area (Å²) in [4.78, 5) is 0. The fourth-order valence-electron chi connectivity index (χ4n) is 1.07. The van der Waals surface area contributed by atoms with Gasteiger partial charge in [-0.15, -0.1) is 0 Å². The minimum absolute atomic E-state index is 0.0513. The van der Waals surface area contributed by atoms with Gasteiger partial charge in [0.25, 0.3) is 5.92 Å². The van der Waals surface area contributed by atoms with Gasteiger partial charge >= 0.3 is 0 Å². The Morgan fingerprint density at radius 3 is 1.55 bits per heavy atom. The molecule has 6 nitrogen and oxygen atoms in total. The standard InChI is InChI=1S/C12H24F2O6/c1-16-2-3-17-4-5-18-6-7-19-8-9-20-11-12(13,14)10-15/h15H,2-11H2,1H3. The van der Waals surface area contributed by atoms with Crippen LogP contribution in [0.5, 0.6) is 0 Å². The average Bonchev–Trinajstić information content (AvgIpc) is 2.44. The fraction of sp³-hybridized carbons (Fsp3) is 1.00. The predicted molar refractivity (Wildman–Crippen MR) is 67.2 cm³/mol. The lowest BCUT2D eigenvalue weighted by molar-refractivity contribution is -0.113. The highest BCUT2D eigenvalue weighted by molar-refractivity contribution is 4.61. The van der Waals surface area contributed by atoms with E-state index in [9.17, 15) is 8.78 Å². The minimum Gasteiger partial charge on any atom is -0.390 e. The molecule has 1 N–H and O–H groups in total. The summed E-state index contributed by atoms with van der Waals surface area (Å²) in [6, 6.07) is 0. The van der Waals surface area contributed by atoms with Crippen molar-refractivity contribution in [3.05, 3.63) is 0 Å². The highest BCUT2D eigenvalue weighted by atomic mass is 19.3. The Labute approximate surface area is 117 Å². The molecular weight excluding hydrogens is 278 g/mol. The number of rotatable bonds is 15. The van der Waals surface area contributed by atoms with Crippen LogP contribution in [0.1, 0.15) is 0 Å². The van der Waals surface area contributed by atoms with E-state index in [0.717, 1.165) is 0 Å². The molecule has 0 radical (unpaired) electrons. The summed E-state index contributed by atoms with van der Waals surface area (Å²) < 4.78 is 50.0. The Hall–Kier alpha value is -0.380. The van der Waals surface area contributed by atoms with E-state index in [4.69, 9.17) is 24.1 Å². The molecular formula is C12H24F2O6. The lowest BCUT2D eigenvalue weighted by Crippen LogP contribution is -2.28. The van der Waals surface area contributed by atoms with Gasteiger partial charge < -0.3 is 28.8 Å². The zero-order valence-electron chi connectivity index (χ0n) is 11.8. The molecule has 0 aliphatic rings. The molecule has 0 saturated heterocycles. The van der Waals surface area contributed by atoms with E-state index >= 15 is 0 Å². The Kier molecular flexibility index (Phi) is 13.3. The molecule has 20 heavy (non-hydrogen) atoms. The molecule has 0 heterocycles. The maximum atomic E-state index is 12.5. The number of halogens is 2. The van der Waals surface area contributed by atoms with E-state index in [0.29, 0.717) is 39.6 Å². The van der Waals surface area contributed by atoms with Crippen molar-refractivity contribution >= 4 is 0 Å². The summed E-state index contributed by atoms with van der Waals surface area (Å²) in [6.07, 6.45) is 0. The van der Waals surface area contributed by atoms with Crippen LogP contribution < -0.4 is 0 Å².